The number of ether oxygens (including phenoxy) is 1. The second-order valence-corrected chi connectivity index (χ2v) is 9.13. The van der Waals surface area contributed by atoms with E-state index in [1.807, 2.05) is 0 Å². The van der Waals surface area contributed by atoms with Gasteiger partial charge in [-0.2, -0.15) is 5.26 Å². The molecule has 0 saturated carbocycles. The van der Waals surface area contributed by atoms with Gasteiger partial charge >= 0.3 is 0 Å². The standard InChI is InChI=1S/C22H30N4O2S/c23-13-19-17-8-2-3-9-18(17)21(26-10-4-1-5-11-26)25-22(19)29-15-20(27)24-14-16-7-6-12-28-16/h16H,1-12,14-15H2,(H,24,27)/t16-/m0/s1. The predicted octanol–water partition coefficient (Wildman–Crippen LogP) is 3.21. The molecule has 3 heterocycles. The number of piperidine rings is 1. The van der Waals surface area contributed by atoms with Gasteiger partial charge in [0.15, 0.2) is 0 Å². The Morgan fingerprint density at radius 2 is 1.97 bits per heavy atom. The van der Waals surface area contributed by atoms with Crippen LogP contribution >= 0.6 is 11.8 Å². The van der Waals surface area contributed by atoms with E-state index in [4.69, 9.17) is 9.72 Å². The normalized spacial score (nSPS) is 21.5. The van der Waals surface area contributed by atoms with Gasteiger partial charge in [0, 0.05) is 26.2 Å². The Balaban J connectivity index is 1.50. The molecule has 6 nitrogen and oxygen atoms in total. The highest BCUT2D eigenvalue weighted by atomic mass is 32.2. The third kappa shape index (κ3) is 4.87. The number of pyridine rings is 1. The van der Waals surface area contributed by atoms with E-state index < -0.39 is 0 Å². The van der Waals surface area contributed by atoms with Crippen LogP contribution in [0.5, 0.6) is 0 Å². The molecule has 1 aliphatic carbocycles. The summed E-state index contributed by atoms with van der Waals surface area (Å²) in [4.78, 5) is 19.7. The lowest BCUT2D eigenvalue weighted by Gasteiger charge is -2.32. The lowest BCUT2D eigenvalue weighted by atomic mass is 9.89. The summed E-state index contributed by atoms with van der Waals surface area (Å²) in [6, 6.07) is 2.40. The minimum atomic E-state index is -0.0200. The summed E-state index contributed by atoms with van der Waals surface area (Å²) in [7, 11) is 0. The predicted molar refractivity (Wildman–Crippen MR) is 114 cm³/mol. The van der Waals surface area contributed by atoms with Crippen LogP contribution in [-0.4, -0.2) is 49.0 Å². The van der Waals surface area contributed by atoms with Crippen molar-refractivity contribution in [2.24, 2.45) is 0 Å². The van der Waals surface area contributed by atoms with Crippen molar-refractivity contribution >= 4 is 23.5 Å². The number of hydrogen-bond donors (Lipinski definition) is 1. The van der Waals surface area contributed by atoms with Crippen LogP contribution in [0.2, 0.25) is 0 Å². The smallest absolute Gasteiger partial charge is 0.230 e. The minimum absolute atomic E-state index is 0.0200. The Labute approximate surface area is 177 Å². The van der Waals surface area contributed by atoms with Crippen LogP contribution in [-0.2, 0) is 22.4 Å². The summed E-state index contributed by atoms with van der Waals surface area (Å²) in [5, 5.41) is 13.5. The molecule has 0 bridgehead atoms. The highest BCUT2D eigenvalue weighted by Gasteiger charge is 2.26. The van der Waals surface area contributed by atoms with Gasteiger partial charge in [-0.3, -0.25) is 4.79 Å². The number of fused-ring (bicyclic) bond motifs is 1. The summed E-state index contributed by atoms with van der Waals surface area (Å²) in [5.41, 5.74) is 3.15. The zero-order chi connectivity index (χ0) is 20.1. The second kappa shape index (κ2) is 9.82. The third-order valence-electron chi connectivity index (χ3n) is 6.12. The van der Waals surface area contributed by atoms with E-state index >= 15 is 0 Å². The van der Waals surface area contributed by atoms with Crippen LogP contribution in [0.4, 0.5) is 5.82 Å². The van der Waals surface area contributed by atoms with Crippen LogP contribution in [0, 0.1) is 11.3 Å². The van der Waals surface area contributed by atoms with E-state index in [1.54, 1.807) is 0 Å². The van der Waals surface area contributed by atoms with Crippen LogP contribution in [0.25, 0.3) is 0 Å². The van der Waals surface area contributed by atoms with Gasteiger partial charge in [0.2, 0.25) is 5.91 Å². The van der Waals surface area contributed by atoms with Crippen molar-refractivity contribution in [1.82, 2.24) is 10.3 Å². The van der Waals surface area contributed by atoms with Crippen LogP contribution in [0.15, 0.2) is 5.03 Å². The number of carbonyl (C=O) groups excluding carboxylic acids is 1. The Bertz CT molecular complexity index is 780. The molecule has 2 aliphatic heterocycles. The molecule has 2 saturated heterocycles. The molecule has 0 unspecified atom stereocenters. The van der Waals surface area contributed by atoms with Gasteiger partial charge in [0.05, 0.1) is 17.4 Å². The van der Waals surface area contributed by atoms with Crippen molar-refractivity contribution in [3.63, 3.8) is 0 Å². The van der Waals surface area contributed by atoms with Crippen LogP contribution in [0.1, 0.15) is 61.6 Å². The Morgan fingerprint density at radius 1 is 1.17 bits per heavy atom. The first kappa shape index (κ1) is 20.5. The van der Waals surface area contributed by atoms with Crippen molar-refractivity contribution in [1.29, 1.82) is 5.26 Å². The fraction of sp³-hybridized carbons (Fsp3) is 0.682. The van der Waals surface area contributed by atoms with Gasteiger partial charge in [0.1, 0.15) is 16.9 Å². The lowest BCUT2D eigenvalue weighted by Crippen LogP contribution is -2.33. The second-order valence-electron chi connectivity index (χ2n) is 8.17. The van der Waals surface area contributed by atoms with Crippen LogP contribution < -0.4 is 10.2 Å². The zero-order valence-corrected chi connectivity index (χ0v) is 17.9. The zero-order valence-electron chi connectivity index (χ0n) is 17.0. The summed E-state index contributed by atoms with van der Waals surface area (Å²) >= 11 is 1.40. The quantitative estimate of drug-likeness (QED) is 0.720. The number of amides is 1. The van der Waals surface area contributed by atoms with E-state index in [2.05, 4.69) is 16.3 Å². The van der Waals surface area contributed by atoms with Gasteiger partial charge in [-0.05, 0) is 68.9 Å². The van der Waals surface area contributed by atoms with Crippen molar-refractivity contribution in [2.75, 3.05) is 36.9 Å². The number of anilines is 1. The number of nitriles is 1. The molecule has 1 atom stereocenters. The lowest BCUT2D eigenvalue weighted by molar-refractivity contribution is -0.119. The first-order chi connectivity index (χ1) is 14.3. The molecule has 2 fully saturated rings. The molecular formula is C22H30N4O2S. The molecule has 1 amide bonds. The Hall–Kier alpha value is -1.78. The fourth-order valence-corrected chi connectivity index (χ4v) is 5.42. The fourth-order valence-electron chi connectivity index (χ4n) is 4.58. The number of nitrogens with zero attached hydrogens (tertiary/aromatic N) is 3. The SMILES string of the molecule is N#Cc1c(SCC(=O)NC[C@@H]2CCCO2)nc(N2CCCCC2)c2c1CCCC2. The largest absolute Gasteiger partial charge is 0.376 e. The number of nitrogens with one attached hydrogen (secondary N) is 1. The first-order valence-corrected chi connectivity index (χ1v) is 12.0. The number of aromatic nitrogens is 1. The molecular weight excluding hydrogens is 384 g/mol. The van der Waals surface area contributed by atoms with Crippen molar-refractivity contribution in [3.05, 3.63) is 16.7 Å². The third-order valence-corrected chi connectivity index (χ3v) is 7.09. The topological polar surface area (TPSA) is 78.2 Å². The molecule has 1 aromatic heterocycles. The molecule has 0 aromatic carbocycles. The number of rotatable bonds is 6. The van der Waals surface area contributed by atoms with Gasteiger partial charge < -0.3 is 15.0 Å². The molecule has 1 N–H and O–H groups in total. The minimum Gasteiger partial charge on any atom is -0.376 e. The molecule has 7 heteroatoms. The van der Waals surface area contributed by atoms with E-state index in [0.29, 0.717) is 12.1 Å². The Kier molecular flexibility index (Phi) is 6.94. The van der Waals surface area contributed by atoms with Gasteiger partial charge in [0.25, 0.3) is 0 Å². The van der Waals surface area contributed by atoms with E-state index in [9.17, 15) is 10.1 Å². The maximum Gasteiger partial charge on any atom is 0.230 e. The monoisotopic (exact) mass is 414 g/mol. The molecule has 0 radical (unpaired) electrons. The van der Waals surface area contributed by atoms with Crippen molar-refractivity contribution < 1.29 is 9.53 Å². The number of carbonyl (C=O) groups is 1. The highest BCUT2D eigenvalue weighted by Crippen LogP contribution is 2.36. The maximum absolute atomic E-state index is 12.3. The first-order valence-electron chi connectivity index (χ1n) is 11.0. The summed E-state index contributed by atoms with van der Waals surface area (Å²) in [6.45, 7) is 3.44. The summed E-state index contributed by atoms with van der Waals surface area (Å²) in [5.74, 6) is 1.33. The van der Waals surface area contributed by atoms with Crippen molar-refractivity contribution in [3.8, 4) is 6.07 Å². The molecule has 1 aromatic rings. The molecule has 29 heavy (non-hydrogen) atoms. The van der Waals surface area contributed by atoms with Gasteiger partial charge in [-0.1, -0.05) is 11.8 Å². The summed E-state index contributed by atoms with van der Waals surface area (Å²) < 4.78 is 5.57. The number of thioether (sulfide) groups is 1. The summed E-state index contributed by atoms with van der Waals surface area (Å²) in [6.07, 6.45) is 10.1. The van der Waals surface area contributed by atoms with Gasteiger partial charge in [-0.15, -0.1) is 0 Å². The molecule has 0 spiro atoms. The molecule has 156 valence electrons. The average Bonchev–Trinajstić information content (AvgIpc) is 3.29. The molecule has 4 rings (SSSR count). The number of hydrogen-bond acceptors (Lipinski definition) is 6. The van der Waals surface area contributed by atoms with E-state index in [-0.39, 0.29) is 17.8 Å². The molecule has 3 aliphatic rings. The van der Waals surface area contributed by atoms with E-state index in [1.165, 1.54) is 48.6 Å². The van der Waals surface area contributed by atoms with Crippen molar-refractivity contribution in [2.45, 2.75) is 68.9 Å². The average molecular weight is 415 g/mol. The van der Waals surface area contributed by atoms with Crippen LogP contribution in [0.3, 0.4) is 0 Å². The van der Waals surface area contributed by atoms with E-state index in [0.717, 1.165) is 62.6 Å². The maximum atomic E-state index is 12.3. The van der Waals surface area contributed by atoms with Gasteiger partial charge in [-0.25, -0.2) is 4.98 Å². The highest BCUT2D eigenvalue weighted by molar-refractivity contribution is 8.00. The Morgan fingerprint density at radius 3 is 2.69 bits per heavy atom.